The normalized spacial score (nSPS) is 10.2. The maximum atomic E-state index is 13.7. The van der Waals surface area contributed by atoms with Gasteiger partial charge < -0.3 is 20.0 Å². The van der Waals surface area contributed by atoms with Crippen LogP contribution < -0.4 is 4.90 Å². The lowest BCUT2D eigenvalue weighted by Gasteiger charge is -2.22. The van der Waals surface area contributed by atoms with Gasteiger partial charge in [-0.15, -0.1) is 0 Å². The third-order valence-corrected chi connectivity index (χ3v) is 2.70. The summed E-state index contributed by atoms with van der Waals surface area (Å²) in [4.78, 5) is 13.4. The van der Waals surface area contributed by atoms with Crippen molar-refractivity contribution >= 4 is 11.8 Å². The second-order valence-electron chi connectivity index (χ2n) is 4.07. The molecule has 1 aromatic carbocycles. The van der Waals surface area contributed by atoms with Gasteiger partial charge in [0.25, 0.3) is 0 Å². The third-order valence-electron chi connectivity index (χ3n) is 2.70. The Morgan fingerprint density at radius 2 is 2.00 bits per heavy atom. The molecule has 1 amide bonds. The van der Waals surface area contributed by atoms with Crippen LogP contribution in [-0.4, -0.2) is 48.4 Å². The van der Waals surface area contributed by atoms with E-state index in [0.717, 1.165) is 4.90 Å². The Hall–Kier alpha value is -1.82. The molecule has 6 heteroatoms. The first-order chi connectivity index (χ1) is 8.45. The SMILES string of the molecule is CN(CCN(C)c1ccc(CO)cc1F)C(=O)O. The zero-order chi connectivity index (χ0) is 13.7. The number of halogens is 1. The molecule has 0 aliphatic carbocycles. The van der Waals surface area contributed by atoms with Crippen LogP contribution in [0, 0.1) is 5.82 Å². The number of amides is 1. The fraction of sp³-hybridized carbons (Fsp3) is 0.417. The standard InChI is InChI=1S/C12H17FN2O3/c1-14(5-6-15(2)12(17)18)11-4-3-9(8-16)7-10(11)13/h3-4,7,16H,5-6,8H2,1-2H3,(H,17,18). The Balaban J connectivity index is 2.66. The van der Waals surface area contributed by atoms with Gasteiger partial charge in [0.1, 0.15) is 5.82 Å². The van der Waals surface area contributed by atoms with Gasteiger partial charge in [0.15, 0.2) is 0 Å². The minimum atomic E-state index is -1.01. The van der Waals surface area contributed by atoms with Gasteiger partial charge in [-0.25, -0.2) is 9.18 Å². The maximum Gasteiger partial charge on any atom is 0.407 e. The largest absolute Gasteiger partial charge is 0.465 e. The van der Waals surface area contributed by atoms with E-state index in [1.807, 2.05) is 0 Å². The molecule has 0 saturated heterocycles. The molecule has 100 valence electrons. The Morgan fingerprint density at radius 1 is 1.33 bits per heavy atom. The Morgan fingerprint density at radius 3 is 2.50 bits per heavy atom. The van der Waals surface area contributed by atoms with Crippen LogP contribution in [0.1, 0.15) is 5.56 Å². The Labute approximate surface area is 105 Å². The summed E-state index contributed by atoms with van der Waals surface area (Å²) in [6.45, 7) is 0.466. The average molecular weight is 256 g/mol. The van der Waals surface area contributed by atoms with Gasteiger partial charge in [-0.1, -0.05) is 6.07 Å². The fourth-order valence-electron chi connectivity index (χ4n) is 1.47. The van der Waals surface area contributed by atoms with Gasteiger partial charge >= 0.3 is 6.09 Å². The first-order valence-electron chi connectivity index (χ1n) is 5.50. The quantitative estimate of drug-likeness (QED) is 0.835. The van der Waals surface area contributed by atoms with Crippen molar-refractivity contribution in [3.05, 3.63) is 29.6 Å². The van der Waals surface area contributed by atoms with Crippen LogP contribution in [0.15, 0.2) is 18.2 Å². The minimum Gasteiger partial charge on any atom is -0.465 e. The van der Waals surface area contributed by atoms with E-state index in [2.05, 4.69) is 0 Å². The highest BCUT2D eigenvalue weighted by Gasteiger charge is 2.11. The van der Waals surface area contributed by atoms with Gasteiger partial charge in [-0.3, -0.25) is 0 Å². The van der Waals surface area contributed by atoms with Crippen molar-refractivity contribution in [1.82, 2.24) is 4.90 Å². The number of aliphatic hydroxyl groups is 1. The van der Waals surface area contributed by atoms with Crippen molar-refractivity contribution in [1.29, 1.82) is 0 Å². The van der Waals surface area contributed by atoms with Gasteiger partial charge in [-0.2, -0.15) is 0 Å². The second kappa shape index (κ2) is 6.20. The first-order valence-corrected chi connectivity index (χ1v) is 5.50. The van der Waals surface area contributed by atoms with E-state index in [-0.39, 0.29) is 13.2 Å². The van der Waals surface area contributed by atoms with E-state index in [1.165, 1.54) is 13.1 Å². The van der Waals surface area contributed by atoms with Crippen LogP contribution in [0.25, 0.3) is 0 Å². The van der Waals surface area contributed by atoms with E-state index in [9.17, 15) is 9.18 Å². The predicted octanol–water partition coefficient (Wildman–Crippen LogP) is 1.36. The second-order valence-corrected chi connectivity index (χ2v) is 4.07. The van der Waals surface area contributed by atoms with Crippen molar-refractivity contribution in [2.75, 3.05) is 32.1 Å². The van der Waals surface area contributed by atoms with E-state index >= 15 is 0 Å². The summed E-state index contributed by atoms with van der Waals surface area (Å²) in [5.74, 6) is -0.429. The van der Waals surface area contributed by atoms with Crippen LogP contribution in [0.5, 0.6) is 0 Å². The van der Waals surface area contributed by atoms with E-state index in [4.69, 9.17) is 10.2 Å². The van der Waals surface area contributed by atoms with Crippen molar-refractivity contribution < 1.29 is 19.4 Å². The average Bonchev–Trinajstić information content (AvgIpc) is 2.34. The van der Waals surface area contributed by atoms with Crippen LogP contribution in [-0.2, 0) is 6.61 Å². The zero-order valence-electron chi connectivity index (χ0n) is 10.4. The number of anilines is 1. The van der Waals surface area contributed by atoms with Crippen molar-refractivity contribution in [2.24, 2.45) is 0 Å². The lowest BCUT2D eigenvalue weighted by Crippen LogP contribution is -2.34. The van der Waals surface area contributed by atoms with Gasteiger partial charge in [0, 0.05) is 27.2 Å². The fourth-order valence-corrected chi connectivity index (χ4v) is 1.47. The molecule has 1 aromatic rings. The van der Waals surface area contributed by atoms with Crippen molar-refractivity contribution in [2.45, 2.75) is 6.61 Å². The molecule has 0 heterocycles. The maximum absolute atomic E-state index is 13.7. The summed E-state index contributed by atoms with van der Waals surface area (Å²) in [7, 11) is 3.15. The number of rotatable bonds is 5. The topological polar surface area (TPSA) is 64.0 Å². The molecular weight excluding hydrogens is 239 g/mol. The van der Waals surface area contributed by atoms with Crippen LogP contribution in [0.4, 0.5) is 14.9 Å². The molecule has 0 bridgehead atoms. The smallest absolute Gasteiger partial charge is 0.407 e. The lowest BCUT2D eigenvalue weighted by atomic mass is 10.2. The summed E-state index contributed by atoms with van der Waals surface area (Å²) in [6, 6.07) is 4.48. The number of aliphatic hydroxyl groups excluding tert-OH is 1. The highest BCUT2D eigenvalue weighted by atomic mass is 19.1. The number of hydrogen-bond donors (Lipinski definition) is 2. The highest BCUT2D eigenvalue weighted by molar-refractivity contribution is 5.64. The summed E-state index contributed by atoms with van der Waals surface area (Å²) in [6.07, 6.45) is -1.01. The molecular formula is C12H17FN2O3. The number of likely N-dealkylation sites (N-methyl/N-ethyl adjacent to an activating group) is 2. The lowest BCUT2D eigenvalue weighted by molar-refractivity contribution is 0.157. The molecule has 0 unspecified atom stereocenters. The van der Waals surface area contributed by atoms with E-state index < -0.39 is 11.9 Å². The molecule has 0 atom stereocenters. The zero-order valence-corrected chi connectivity index (χ0v) is 10.4. The molecule has 0 fully saturated rings. The van der Waals surface area contributed by atoms with E-state index in [0.29, 0.717) is 17.8 Å². The number of carbonyl (C=O) groups is 1. The molecule has 0 spiro atoms. The third kappa shape index (κ3) is 3.59. The molecule has 0 radical (unpaired) electrons. The Bertz CT molecular complexity index is 426. The van der Waals surface area contributed by atoms with Gasteiger partial charge in [0.2, 0.25) is 0 Å². The molecule has 18 heavy (non-hydrogen) atoms. The molecule has 0 aliphatic heterocycles. The molecule has 0 saturated carbocycles. The monoisotopic (exact) mass is 256 g/mol. The van der Waals surface area contributed by atoms with Crippen LogP contribution in [0.2, 0.25) is 0 Å². The molecule has 1 rings (SSSR count). The van der Waals surface area contributed by atoms with Gasteiger partial charge in [-0.05, 0) is 17.7 Å². The number of nitrogens with zero attached hydrogens (tertiary/aromatic N) is 2. The molecule has 0 aliphatic rings. The predicted molar refractivity (Wildman–Crippen MR) is 66.2 cm³/mol. The highest BCUT2D eigenvalue weighted by Crippen LogP contribution is 2.19. The minimum absolute atomic E-state index is 0.206. The molecule has 5 nitrogen and oxygen atoms in total. The summed E-state index contributed by atoms with van der Waals surface area (Å²) in [5.41, 5.74) is 0.887. The van der Waals surface area contributed by atoms with E-state index in [1.54, 1.807) is 24.1 Å². The van der Waals surface area contributed by atoms with Crippen LogP contribution in [0.3, 0.4) is 0 Å². The molecule has 0 aromatic heterocycles. The number of hydrogen-bond acceptors (Lipinski definition) is 3. The van der Waals surface area contributed by atoms with Crippen molar-refractivity contribution in [3.63, 3.8) is 0 Å². The Kier molecular flexibility index (Phi) is 4.91. The molecule has 2 N–H and O–H groups in total. The van der Waals surface area contributed by atoms with Gasteiger partial charge in [0.05, 0.1) is 12.3 Å². The van der Waals surface area contributed by atoms with Crippen molar-refractivity contribution in [3.8, 4) is 0 Å². The summed E-state index contributed by atoms with van der Waals surface area (Å²) in [5, 5.41) is 17.6. The first kappa shape index (κ1) is 14.2. The summed E-state index contributed by atoms with van der Waals surface area (Å²) >= 11 is 0. The van der Waals surface area contributed by atoms with Crippen LogP contribution >= 0.6 is 0 Å². The summed E-state index contributed by atoms with van der Waals surface area (Å²) < 4.78 is 13.7. The number of carboxylic acid groups (broad SMARTS) is 1. The number of benzene rings is 1.